The maximum atomic E-state index is 9.88. The van der Waals surface area contributed by atoms with E-state index < -0.39 is 6.10 Å². The van der Waals surface area contributed by atoms with Gasteiger partial charge in [-0.15, -0.1) is 0 Å². The molecule has 0 aliphatic carbocycles. The molecule has 0 aliphatic rings. The SMILES string of the molecule is COc1ccc(C(O)CCO)c(OC)c1OC. The van der Waals surface area contributed by atoms with E-state index >= 15 is 0 Å². The van der Waals surface area contributed by atoms with Crippen LogP contribution in [0.1, 0.15) is 18.1 Å². The minimum atomic E-state index is -0.797. The van der Waals surface area contributed by atoms with E-state index in [0.29, 0.717) is 22.8 Å². The first-order valence-corrected chi connectivity index (χ1v) is 5.27. The third-order valence-electron chi connectivity index (χ3n) is 2.50. The average molecular weight is 242 g/mol. The maximum Gasteiger partial charge on any atom is 0.203 e. The van der Waals surface area contributed by atoms with Gasteiger partial charge in [-0.25, -0.2) is 0 Å². The van der Waals surface area contributed by atoms with E-state index in [9.17, 15) is 5.11 Å². The third kappa shape index (κ3) is 2.81. The summed E-state index contributed by atoms with van der Waals surface area (Å²) in [6, 6.07) is 3.39. The Morgan fingerprint density at radius 2 is 1.71 bits per heavy atom. The van der Waals surface area contributed by atoms with E-state index in [-0.39, 0.29) is 13.0 Å². The van der Waals surface area contributed by atoms with Crippen LogP contribution in [0.25, 0.3) is 0 Å². The molecule has 0 saturated carbocycles. The van der Waals surface area contributed by atoms with E-state index in [1.165, 1.54) is 21.3 Å². The maximum absolute atomic E-state index is 9.88. The molecule has 0 aliphatic heterocycles. The molecule has 0 fully saturated rings. The molecule has 17 heavy (non-hydrogen) atoms. The highest BCUT2D eigenvalue weighted by Crippen LogP contribution is 2.42. The zero-order chi connectivity index (χ0) is 12.8. The van der Waals surface area contributed by atoms with Crippen LogP contribution < -0.4 is 14.2 Å². The second-order valence-electron chi connectivity index (χ2n) is 3.45. The normalized spacial score (nSPS) is 12.1. The fourth-order valence-electron chi connectivity index (χ4n) is 1.66. The van der Waals surface area contributed by atoms with Gasteiger partial charge in [-0.1, -0.05) is 0 Å². The first kappa shape index (κ1) is 13.6. The van der Waals surface area contributed by atoms with Crippen LogP contribution >= 0.6 is 0 Å². The Balaban J connectivity index is 3.22. The van der Waals surface area contributed by atoms with Crippen LogP contribution in [-0.4, -0.2) is 38.1 Å². The van der Waals surface area contributed by atoms with E-state index in [4.69, 9.17) is 19.3 Å². The Bertz CT molecular complexity index is 364. The van der Waals surface area contributed by atoms with Crippen LogP contribution in [0.2, 0.25) is 0 Å². The van der Waals surface area contributed by atoms with E-state index in [2.05, 4.69) is 0 Å². The Hall–Kier alpha value is -1.46. The third-order valence-corrected chi connectivity index (χ3v) is 2.50. The van der Waals surface area contributed by atoms with Gasteiger partial charge in [-0.2, -0.15) is 0 Å². The number of hydrogen-bond acceptors (Lipinski definition) is 5. The van der Waals surface area contributed by atoms with Crippen LogP contribution in [0.5, 0.6) is 17.2 Å². The fraction of sp³-hybridized carbons (Fsp3) is 0.500. The quantitative estimate of drug-likeness (QED) is 0.782. The van der Waals surface area contributed by atoms with Gasteiger partial charge in [-0.3, -0.25) is 0 Å². The summed E-state index contributed by atoms with van der Waals surface area (Å²) in [5, 5.41) is 18.7. The first-order valence-electron chi connectivity index (χ1n) is 5.27. The Labute approximate surface area is 101 Å². The van der Waals surface area contributed by atoms with Crippen molar-refractivity contribution in [3.8, 4) is 17.2 Å². The van der Waals surface area contributed by atoms with Crippen LogP contribution in [0.4, 0.5) is 0 Å². The monoisotopic (exact) mass is 242 g/mol. The summed E-state index contributed by atoms with van der Waals surface area (Å²) in [6.07, 6.45) is -0.555. The van der Waals surface area contributed by atoms with Gasteiger partial charge in [0.05, 0.1) is 27.4 Å². The molecule has 0 aromatic heterocycles. The van der Waals surface area contributed by atoms with Crippen molar-refractivity contribution < 1.29 is 24.4 Å². The number of ether oxygens (including phenoxy) is 3. The molecule has 5 nitrogen and oxygen atoms in total. The molecule has 0 radical (unpaired) electrons. The largest absolute Gasteiger partial charge is 0.493 e. The molecule has 0 saturated heterocycles. The molecule has 1 aromatic rings. The summed E-state index contributed by atoms with van der Waals surface area (Å²) in [4.78, 5) is 0. The molecule has 1 unspecified atom stereocenters. The Morgan fingerprint density at radius 3 is 2.18 bits per heavy atom. The van der Waals surface area contributed by atoms with Gasteiger partial charge < -0.3 is 24.4 Å². The zero-order valence-electron chi connectivity index (χ0n) is 10.3. The van der Waals surface area contributed by atoms with Gasteiger partial charge in [0.1, 0.15) is 0 Å². The van der Waals surface area contributed by atoms with Gasteiger partial charge in [-0.05, 0) is 12.1 Å². The fourth-order valence-corrected chi connectivity index (χ4v) is 1.66. The number of aliphatic hydroxyl groups is 2. The molecule has 0 bridgehead atoms. The molecule has 1 aromatic carbocycles. The average Bonchev–Trinajstić information content (AvgIpc) is 2.36. The van der Waals surface area contributed by atoms with E-state index in [1.54, 1.807) is 12.1 Å². The lowest BCUT2D eigenvalue weighted by Gasteiger charge is -2.18. The van der Waals surface area contributed by atoms with Crippen molar-refractivity contribution in [2.24, 2.45) is 0 Å². The molecule has 5 heteroatoms. The second-order valence-corrected chi connectivity index (χ2v) is 3.45. The summed E-state index contributed by atoms with van der Waals surface area (Å²) in [5.74, 6) is 1.39. The summed E-state index contributed by atoms with van der Waals surface area (Å²) in [7, 11) is 4.52. The molecule has 0 heterocycles. The molecule has 2 N–H and O–H groups in total. The molecule has 0 amide bonds. The summed E-state index contributed by atoms with van der Waals surface area (Å²) < 4.78 is 15.6. The first-order chi connectivity index (χ1) is 8.19. The minimum absolute atomic E-state index is 0.0985. The van der Waals surface area contributed by atoms with Gasteiger partial charge in [0.25, 0.3) is 0 Å². The zero-order valence-corrected chi connectivity index (χ0v) is 10.3. The number of aliphatic hydroxyl groups excluding tert-OH is 2. The number of rotatable bonds is 6. The van der Waals surface area contributed by atoms with Gasteiger partial charge in [0.15, 0.2) is 11.5 Å². The van der Waals surface area contributed by atoms with Crippen molar-refractivity contribution in [2.75, 3.05) is 27.9 Å². The van der Waals surface area contributed by atoms with E-state index in [1.807, 2.05) is 0 Å². The highest BCUT2D eigenvalue weighted by atomic mass is 16.5. The van der Waals surface area contributed by atoms with Crippen LogP contribution in [0, 0.1) is 0 Å². The Kier molecular flexibility index (Phi) is 5.06. The lowest BCUT2D eigenvalue weighted by molar-refractivity contribution is 0.131. The van der Waals surface area contributed by atoms with Gasteiger partial charge >= 0.3 is 0 Å². The highest BCUT2D eigenvalue weighted by molar-refractivity contribution is 5.56. The van der Waals surface area contributed by atoms with Crippen molar-refractivity contribution in [3.05, 3.63) is 17.7 Å². The van der Waals surface area contributed by atoms with Crippen molar-refractivity contribution in [1.29, 1.82) is 0 Å². The van der Waals surface area contributed by atoms with E-state index in [0.717, 1.165) is 0 Å². The molecule has 1 rings (SSSR count). The molecule has 0 spiro atoms. The highest BCUT2D eigenvalue weighted by Gasteiger charge is 2.20. The lowest BCUT2D eigenvalue weighted by Crippen LogP contribution is -2.05. The van der Waals surface area contributed by atoms with Crippen molar-refractivity contribution in [3.63, 3.8) is 0 Å². The summed E-state index contributed by atoms with van der Waals surface area (Å²) in [6.45, 7) is -0.0985. The smallest absolute Gasteiger partial charge is 0.203 e. The standard InChI is InChI=1S/C12H18O5/c1-15-10-5-4-8(9(14)6-7-13)11(16-2)12(10)17-3/h4-5,9,13-14H,6-7H2,1-3H3. The van der Waals surface area contributed by atoms with Crippen LogP contribution in [-0.2, 0) is 0 Å². The van der Waals surface area contributed by atoms with Gasteiger partial charge in [0, 0.05) is 18.6 Å². The molecule has 1 atom stereocenters. The van der Waals surface area contributed by atoms with Crippen molar-refractivity contribution >= 4 is 0 Å². The number of methoxy groups -OCH3 is 3. The van der Waals surface area contributed by atoms with Crippen molar-refractivity contribution in [1.82, 2.24) is 0 Å². The van der Waals surface area contributed by atoms with Crippen molar-refractivity contribution in [2.45, 2.75) is 12.5 Å². The van der Waals surface area contributed by atoms with Crippen LogP contribution in [0.15, 0.2) is 12.1 Å². The molecular weight excluding hydrogens is 224 g/mol. The predicted octanol–water partition coefficient (Wildman–Crippen LogP) is 1.13. The molecule has 96 valence electrons. The predicted molar refractivity (Wildman–Crippen MR) is 62.8 cm³/mol. The Morgan fingerprint density at radius 1 is 1.06 bits per heavy atom. The topological polar surface area (TPSA) is 68.2 Å². The summed E-state index contributed by atoms with van der Waals surface area (Å²) >= 11 is 0. The van der Waals surface area contributed by atoms with Crippen LogP contribution in [0.3, 0.4) is 0 Å². The minimum Gasteiger partial charge on any atom is -0.493 e. The molecular formula is C12H18O5. The summed E-state index contributed by atoms with van der Waals surface area (Å²) in [5.41, 5.74) is 0.569. The lowest BCUT2D eigenvalue weighted by atomic mass is 10.0. The number of benzene rings is 1. The number of hydrogen-bond donors (Lipinski definition) is 2. The van der Waals surface area contributed by atoms with Gasteiger partial charge in [0.2, 0.25) is 5.75 Å². The second kappa shape index (κ2) is 6.32.